The minimum absolute atomic E-state index is 0.480. The first-order valence-electron chi connectivity index (χ1n) is 5.01. The molecule has 1 aromatic heterocycles. The lowest BCUT2D eigenvalue weighted by Crippen LogP contribution is -2.57. The van der Waals surface area contributed by atoms with Crippen molar-refractivity contribution in [3.8, 4) is 0 Å². The van der Waals surface area contributed by atoms with Gasteiger partial charge in [0.2, 0.25) is 0 Å². The molecule has 0 aliphatic carbocycles. The maximum absolute atomic E-state index is 10.1. The van der Waals surface area contributed by atoms with Crippen molar-refractivity contribution >= 4 is 0 Å². The van der Waals surface area contributed by atoms with E-state index in [4.69, 9.17) is 0 Å². The normalized spacial score (nSPS) is 19.4. The van der Waals surface area contributed by atoms with Crippen LogP contribution in [0.3, 0.4) is 0 Å². The standard InChI is InChI=1S/C11H16N2O/c1-8(2)9-3-4-13-10(5-9)11(14)6-12-7-11/h3-5,8,12,14H,6-7H2,1-2H3. The molecule has 1 aromatic rings. The van der Waals surface area contributed by atoms with Gasteiger partial charge >= 0.3 is 0 Å². The largest absolute Gasteiger partial charge is 0.381 e. The highest BCUT2D eigenvalue weighted by Gasteiger charge is 2.37. The number of hydrogen-bond donors (Lipinski definition) is 2. The third-order valence-corrected chi connectivity index (χ3v) is 2.76. The molecule has 14 heavy (non-hydrogen) atoms. The predicted molar refractivity (Wildman–Crippen MR) is 55.1 cm³/mol. The van der Waals surface area contributed by atoms with E-state index in [2.05, 4.69) is 24.1 Å². The lowest BCUT2D eigenvalue weighted by atomic mass is 9.90. The second kappa shape index (κ2) is 3.33. The molecule has 2 heterocycles. The zero-order chi connectivity index (χ0) is 10.2. The molecule has 0 radical (unpaired) electrons. The summed E-state index contributed by atoms with van der Waals surface area (Å²) in [6, 6.07) is 4.01. The number of aromatic nitrogens is 1. The third-order valence-electron chi connectivity index (χ3n) is 2.76. The number of pyridine rings is 1. The number of nitrogens with zero attached hydrogens (tertiary/aromatic N) is 1. The first kappa shape index (κ1) is 9.62. The van der Waals surface area contributed by atoms with E-state index >= 15 is 0 Å². The summed E-state index contributed by atoms with van der Waals surface area (Å²) in [5.74, 6) is 0.480. The molecule has 1 aliphatic heterocycles. The van der Waals surface area contributed by atoms with Gasteiger partial charge in [-0.15, -0.1) is 0 Å². The maximum Gasteiger partial charge on any atom is 0.131 e. The molecule has 0 unspecified atom stereocenters. The van der Waals surface area contributed by atoms with Crippen LogP contribution < -0.4 is 5.32 Å². The fourth-order valence-electron chi connectivity index (χ4n) is 1.60. The molecule has 1 fully saturated rings. The average molecular weight is 192 g/mol. The van der Waals surface area contributed by atoms with Crippen LogP contribution in [0, 0.1) is 0 Å². The number of nitrogens with one attached hydrogen (secondary N) is 1. The van der Waals surface area contributed by atoms with E-state index in [0.717, 1.165) is 5.69 Å². The summed E-state index contributed by atoms with van der Waals surface area (Å²) in [5.41, 5.74) is 1.29. The summed E-state index contributed by atoms with van der Waals surface area (Å²) in [7, 11) is 0. The van der Waals surface area contributed by atoms with E-state index in [-0.39, 0.29) is 0 Å². The SMILES string of the molecule is CC(C)c1ccnc(C2(O)CNC2)c1. The van der Waals surface area contributed by atoms with Gasteiger partial charge in [-0.25, -0.2) is 0 Å². The summed E-state index contributed by atoms with van der Waals surface area (Å²) >= 11 is 0. The van der Waals surface area contributed by atoms with Crippen LogP contribution in [0.5, 0.6) is 0 Å². The fourth-order valence-corrected chi connectivity index (χ4v) is 1.60. The predicted octanol–water partition coefficient (Wildman–Crippen LogP) is 0.996. The molecule has 2 rings (SSSR count). The van der Waals surface area contributed by atoms with Crippen molar-refractivity contribution in [1.82, 2.24) is 10.3 Å². The highest BCUT2D eigenvalue weighted by atomic mass is 16.3. The van der Waals surface area contributed by atoms with Crippen LogP contribution in [-0.4, -0.2) is 23.2 Å². The first-order chi connectivity index (χ1) is 6.62. The number of aliphatic hydroxyl groups is 1. The fraction of sp³-hybridized carbons (Fsp3) is 0.545. The number of rotatable bonds is 2. The van der Waals surface area contributed by atoms with Crippen LogP contribution in [-0.2, 0) is 5.60 Å². The quantitative estimate of drug-likeness (QED) is 0.734. The van der Waals surface area contributed by atoms with Crippen molar-refractivity contribution in [2.75, 3.05) is 13.1 Å². The Hall–Kier alpha value is -0.930. The summed E-state index contributed by atoms with van der Waals surface area (Å²) in [5, 5.41) is 13.1. The zero-order valence-corrected chi connectivity index (χ0v) is 8.62. The van der Waals surface area contributed by atoms with Gasteiger partial charge in [-0.05, 0) is 23.6 Å². The van der Waals surface area contributed by atoms with E-state index in [0.29, 0.717) is 19.0 Å². The molecule has 1 aliphatic rings. The maximum atomic E-state index is 10.1. The van der Waals surface area contributed by atoms with Gasteiger partial charge in [-0.3, -0.25) is 4.98 Å². The van der Waals surface area contributed by atoms with Crippen molar-refractivity contribution in [1.29, 1.82) is 0 Å². The van der Waals surface area contributed by atoms with Crippen molar-refractivity contribution < 1.29 is 5.11 Å². The summed E-state index contributed by atoms with van der Waals surface area (Å²) < 4.78 is 0. The Morgan fingerprint density at radius 2 is 2.21 bits per heavy atom. The van der Waals surface area contributed by atoms with Crippen LogP contribution in [0.2, 0.25) is 0 Å². The van der Waals surface area contributed by atoms with Crippen LogP contribution in [0.1, 0.15) is 31.0 Å². The van der Waals surface area contributed by atoms with E-state index in [1.165, 1.54) is 5.56 Å². The summed E-state index contributed by atoms with van der Waals surface area (Å²) in [4.78, 5) is 4.23. The van der Waals surface area contributed by atoms with Gasteiger partial charge in [0.05, 0.1) is 5.69 Å². The molecule has 2 N–H and O–H groups in total. The van der Waals surface area contributed by atoms with Crippen LogP contribution in [0.15, 0.2) is 18.3 Å². The Balaban J connectivity index is 2.30. The van der Waals surface area contributed by atoms with Gasteiger partial charge in [-0.2, -0.15) is 0 Å². The Labute approximate surface area is 84.2 Å². The van der Waals surface area contributed by atoms with Gasteiger partial charge in [0, 0.05) is 19.3 Å². The third kappa shape index (κ3) is 1.53. The zero-order valence-electron chi connectivity index (χ0n) is 8.62. The smallest absolute Gasteiger partial charge is 0.131 e. The van der Waals surface area contributed by atoms with E-state index in [9.17, 15) is 5.11 Å². The Morgan fingerprint density at radius 3 is 2.71 bits per heavy atom. The van der Waals surface area contributed by atoms with Crippen molar-refractivity contribution in [3.63, 3.8) is 0 Å². The van der Waals surface area contributed by atoms with Crippen molar-refractivity contribution in [2.24, 2.45) is 0 Å². The van der Waals surface area contributed by atoms with Gasteiger partial charge in [0.15, 0.2) is 0 Å². The molecule has 0 atom stereocenters. The van der Waals surface area contributed by atoms with E-state index in [1.54, 1.807) is 6.20 Å². The Morgan fingerprint density at radius 1 is 1.50 bits per heavy atom. The average Bonchev–Trinajstić information content (AvgIpc) is 2.14. The highest BCUT2D eigenvalue weighted by molar-refractivity contribution is 5.25. The lowest BCUT2D eigenvalue weighted by molar-refractivity contribution is -0.0186. The molecule has 0 spiro atoms. The van der Waals surface area contributed by atoms with Crippen molar-refractivity contribution in [2.45, 2.75) is 25.4 Å². The molecule has 3 heteroatoms. The molecule has 76 valence electrons. The number of β-amino-alcohol motifs (C(OH)–C–C–N with tert-alkyl or cyclic N) is 1. The van der Waals surface area contributed by atoms with Crippen LogP contribution in [0.25, 0.3) is 0 Å². The molecule has 0 saturated carbocycles. The van der Waals surface area contributed by atoms with Gasteiger partial charge in [-0.1, -0.05) is 13.8 Å². The Bertz CT molecular complexity index is 332. The summed E-state index contributed by atoms with van der Waals surface area (Å²) in [6.45, 7) is 5.51. The van der Waals surface area contributed by atoms with Crippen LogP contribution in [0.4, 0.5) is 0 Å². The molecule has 0 bridgehead atoms. The van der Waals surface area contributed by atoms with Gasteiger partial charge in [0.25, 0.3) is 0 Å². The molecular weight excluding hydrogens is 176 g/mol. The lowest BCUT2D eigenvalue weighted by Gasteiger charge is -2.37. The van der Waals surface area contributed by atoms with Crippen LogP contribution >= 0.6 is 0 Å². The molecule has 0 aromatic carbocycles. The van der Waals surface area contributed by atoms with Crippen molar-refractivity contribution in [3.05, 3.63) is 29.6 Å². The number of hydrogen-bond acceptors (Lipinski definition) is 3. The first-order valence-corrected chi connectivity index (χ1v) is 5.01. The summed E-state index contributed by atoms with van der Waals surface area (Å²) in [6.07, 6.45) is 1.78. The van der Waals surface area contributed by atoms with Gasteiger partial charge in [0.1, 0.15) is 5.60 Å². The second-order valence-electron chi connectivity index (χ2n) is 4.26. The van der Waals surface area contributed by atoms with E-state index in [1.807, 2.05) is 12.1 Å². The van der Waals surface area contributed by atoms with E-state index < -0.39 is 5.60 Å². The minimum atomic E-state index is -0.731. The molecular formula is C11H16N2O. The van der Waals surface area contributed by atoms with Gasteiger partial charge < -0.3 is 10.4 Å². The molecule has 1 saturated heterocycles. The highest BCUT2D eigenvalue weighted by Crippen LogP contribution is 2.25. The topological polar surface area (TPSA) is 45.2 Å². The Kier molecular flexibility index (Phi) is 2.29. The second-order valence-corrected chi connectivity index (χ2v) is 4.26. The monoisotopic (exact) mass is 192 g/mol. The minimum Gasteiger partial charge on any atom is -0.381 e. The molecule has 3 nitrogen and oxygen atoms in total. The molecule has 0 amide bonds.